The average molecular weight is 471 g/mol. The minimum atomic E-state index is -0.633. The number of ether oxygens (including phenoxy) is 1. The highest BCUT2D eigenvalue weighted by atomic mass is 32.2. The Labute approximate surface area is 201 Å². The number of nitrogens with zero attached hydrogens (tertiary/aromatic N) is 3. The summed E-state index contributed by atoms with van der Waals surface area (Å²) in [5.41, 5.74) is 3.03. The summed E-state index contributed by atoms with van der Waals surface area (Å²) in [5, 5.41) is 3.32. The molecule has 0 saturated heterocycles. The van der Waals surface area contributed by atoms with Gasteiger partial charge < -0.3 is 10.1 Å². The summed E-state index contributed by atoms with van der Waals surface area (Å²) >= 11 is 1.21. The van der Waals surface area contributed by atoms with E-state index < -0.39 is 6.04 Å². The molecule has 2 aliphatic heterocycles. The van der Waals surface area contributed by atoms with Crippen LogP contribution in [0.15, 0.2) is 88.8 Å². The zero-order chi connectivity index (χ0) is 23.5. The fourth-order valence-corrected chi connectivity index (χ4v) is 4.63. The maximum absolute atomic E-state index is 13.4. The van der Waals surface area contributed by atoms with Crippen LogP contribution in [-0.4, -0.2) is 40.1 Å². The summed E-state index contributed by atoms with van der Waals surface area (Å²) in [6.07, 6.45) is 0. The number of hydrogen-bond donors (Lipinski definition) is 1. The van der Waals surface area contributed by atoms with E-state index in [1.807, 2.05) is 73.7 Å². The Hall–Kier alpha value is -3.91. The lowest BCUT2D eigenvalue weighted by Crippen LogP contribution is -2.40. The third kappa shape index (κ3) is 4.32. The number of carbonyl (C=O) groups is 2. The summed E-state index contributed by atoms with van der Waals surface area (Å²) in [6.45, 7) is 2.50. The Bertz CT molecular complexity index is 1290. The van der Waals surface area contributed by atoms with Crippen LogP contribution in [0, 0.1) is 0 Å². The maximum Gasteiger partial charge on any atom is 0.263 e. The van der Waals surface area contributed by atoms with Gasteiger partial charge in [-0.3, -0.25) is 9.59 Å². The first-order chi connectivity index (χ1) is 16.6. The molecule has 7 nitrogen and oxygen atoms in total. The number of rotatable bonds is 6. The Morgan fingerprint density at radius 3 is 2.53 bits per heavy atom. The van der Waals surface area contributed by atoms with Gasteiger partial charge in [0.1, 0.15) is 11.6 Å². The minimum absolute atomic E-state index is 0.0985. The molecular weight excluding hydrogens is 448 g/mol. The van der Waals surface area contributed by atoms with Crippen LogP contribution in [0.3, 0.4) is 0 Å². The molecule has 34 heavy (non-hydrogen) atoms. The van der Waals surface area contributed by atoms with Crippen molar-refractivity contribution in [1.29, 1.82) is 0 Å². The standard InChI is InChI=1S/C26H22N4O3S/c1-2-33-19-14-12-18(13-15-19)27-22(31)16-34-26-28-21-11-7-6-10-20(21)24-29-23(25(32)30(24)26)17-8-4-3-5-9-17/h3-15,23H,2,16H2,1H3,(H,27,31)/t23-/m0/s1. The van der Waals surface area contributed by atoms with Gasteiger partial charge in [-0.05, 0) is 48.9 Å². The molecule has 3 aromatic carbocycles. The van der Waals surface area contributed by atoms with Crippen molar-refractivity contribution in [3.05, 3.63) is 90.0 Å². The van der Waals surface area contributed by atoms with Gasteiger partial charge in [0.25, 0.3) is 5.91 Å². The summed E-state index contributed by atoms with van der Waals surface area (Å²) in [7, 11) is 0. The van der Waals surface area contributed by atoms with Crippen molar-refractivity contribution in [2.75, 3.05) is 17.7 Å². The number of aliphatic imine (C=N–C) groups is 2. The molecule has 5 rings (SSSR count). The molecule has 0 fully saturated rings. The van der Waals surface area contributed by atoms with Gasteiger partial charge in [-0.25, -0.2) is 14.9 Å². The number of amides is 2. The number of benzene rings is 3. The molecule has 1 N–H and O–H groups in total. The highest BCUT2D eigenvalue weighted by Crippen LogP contribution is 2.37. The zero-order valence-electron chi connectivity index (χ0n) is 18.5. The van der Waals surface area contributed by atoms with Gasteiger partial charge in [0, 0.05) is 11.3 Å². The molecule has 0 aromatic heterocycles. The number of amidine groups is 2. The average Bonchev–Trinajstić information content (AvgIpc) is 3.22. The number of para-hydroxylation sites is 1. The summed E-state index contributed by atoms with van der Waals surface area (Å²) in [4.78, 5) is 37.0. The van der Waals surface area contributed by atoms with Crippen molar-refractivity contribution in [1.82, 2.24) is 4.90 Å². The fraction of sp³-hybridized carbons (Fsp3) is 0.154. The monoisotopic (exact) mass is 470 g/mol. The molecule has 0 saturated carbocycles. The second-order valence-corrected chi connectivity index (χ2v) is 8.59. The van der Waals surface area contributed by atoms with Crippen molar-refractivity contribution in [2.24, 2.45) is 9.98 Å². The number of fused-ring (bicyclic) bond motifs is 3. The quantitative estimate of drug-likeness (QED) is 0.562. The Morgan fingerprint density at radius 1 is 1.03 bits per heavy atom. The van der Waals surface area contributed by atoms with E-state index in [1.54, 1.807) is 12.1 Å². The van der Waals surface area contributed by atoms with Crippen LogP contribution in [0.2, 0.25) is 0 Å². The number of hydrogen-bond acceptors (Lipinski definition) is 6. The van der Waals surface area contributed by atoms with E-state index in [-0.39, 0.29) is 17.6 Å². The van der Waals surface area contributed by atoms with Crippen LogP contribution >= 0.6 is 11.8 Å². The number of thioether (sulfide) groups is 1. The topological polar surface area (TPSA) is 83.4 Å². The largest absolute Gasteiger partial charge is 0.494 e. The molecular formula is C26H22N4O3S. The summed E-state index contributed by atoms with van der Waals surface area (Å²) < 4.78 is 5.43. The molecule has 0 spiro atoms. The summed E-state index contributed by atoms with van der Waals surface area (Å²) in [6, 6.07) is 23.6. The van der Waals surface area contributed by atoms with E-state index in [4.69, 9.17) is 9.73 Å². The van der Waals surface area contributed by atoms with E-state index >= 15 is 0 Å². The third-order valence-corrected chi connectivity index (χ3v) is 6.31. The lowest BCUT2D eigenvalue weighted by molar-refractivity contribution is -0.124. The molecule has 0 unspecified atom stereocenters. The molecule has 1 atom stereocenters. The normalized spacial score (nSPS) is 16.3. The van der Waals surface area contributed by atoms with Crippen LogP contribution in [-0.2, 0) is 9.59 Å². The second kappa shape index (κ2) is 9.52. The Kier molecular flexibility index (Phi) is 6.14. The van der Waals surface area contributed by atoms with Crippen LogP contribution in [0.4, 0.5) is 11.4 Å². The number of anilines is 1. The zero-order valence-corrected chi connectivity index (χ0v) is 19.3. The van der Waals surface area contributed by atoms with Crippen LogP contribution in [0.5, 0.6) is 5.75 Å². The van der Waals surface area contributed by atoms with E-state index in [2.05, 4.69) is 10.3 Å². The predicted molar refractivity (Wildman–Crippen MR) is 135 cm³/mol. The van der Waals surface area contributed by atoms with Crippen molar-refractivity contribution in [3.63, 3.8) is 0 Å². The van der Waals surface area contributed by atoms with Crippen molar-refractivity contribution in [2.45, 2.75) is 13.0 Å². The van der Waals surface area contributed by atoms with Crippen molar-refractivity contribution < 1.29 is 14.3 Å². The maximum atomic E-state index is 13.4. The first-order valence-electron chi connectivity index (χ1n) is 10.9. The van der Waals surface area contributed by atoms with Gasteiger partial charge in [-0.2, -0.15) is 0 Å². The second-order valence-electron chi connectivity index (χ2n) is 7.65. The van der Waals surface area contributed by atoms with Gasteiger partial charge in [0.15, 0.2) is 11.2 Å². The van der Waals surface area contributed by atoms with Gasteiger partial charge in [0.2, 0.25) is 5.91 Å². The molecule has 0 bridgehead atoms. The van der Waals surface area contributed by atoms with Crippen LogP contribution in [0.1, 0.15) is 24.1 Å². The Morgan fingerprint density at radius 2 is 1.76 bits per heavy atom. The lowest BCUT2D eigenvalue weighted by Gasteiger charge is -2.25. The highest BCUT2D eigenvalue weighted by Gasteiger charge is 2.42. The lowest BCUT2D eigenvalue weighted by atomic mass is 10.1. The predicted octanol–water partition coefficient (Wildman–Crippen LogP) is 4.79. The molecule has 3 aromatic rings. The minimum Gasteiger partial charge on any atom is -0.494 e. The van der Waals surface area contributed by atoms with Crippen LogP contribution in [0.25, 0.3) is 0 Å². The van der Waals surface area contributed by atoms with Gasteiger partial charge >= 0.3 is 0 Å². The van der Waals surface area contributed by atoms with E-state index in [0.29, 0.717) is 23.3 Å². The highest BCUT2D eigenvalue weighted by molar-refractivity contribution is 8.14. The number of nitrogens with one attached hydrogen (secondary N) is 1. The molecule has 2 heterocycles. The number of carbonyl (C=O) groups excluding carboxylic acids is 2. The molecule has 2 amide bonds. The Balaban J connectivity index is 1.34. The molecule has 0 radical (unpaired) electrons. The first-order valence-corrected chi connectivity index (χ1v) is 11.9. The molecule has 8 heteroatoms. The third-order valence-electron chi connectivity index (χ3n) is 5.37. The van der Waals surface area contributed by atoms with E-state index in [9.17, 15) is 9.59 Å². The fourth-order valence-electron chi connectivity index (χ4n) is 3.83. The SMILES string of the molecule is CCOc1ccc(NC(=O)CSC2=Nc3ccccc3C3=N[C@@H](c4ccccc4)C(=O)N23)cc1. The first kappa shape index (κ1) is 21.9. The van der Waals surface area contributed by atoms with Crippen molar-refractivity contribution in [3.8, 4) is 5.75 Å². The van der Waals surface area contributed by atoms with Crippen LogP contribution < -0.4 is 10.1 Å². The molecule has 0 aliphatic carbocycles. The van der Waals surface area contributed by atoms with E-state index in [1.165, 1.54) is 16.7 Å². The van der Waals surface area contributed by atoms with E-state index in [0.717, 1.165) is 22.6 Å². The summed E-state index contributed by atoms with van der Waals surface area (Å²) in [5.74, 6) is 1.05. The molecule has 2 aliphatic rings. The van der Waals surface area contributed by atoms with Gasteiger partial charge in [-0.15, -0.1) is 0 Å². The van der Waals surface area contributed by atoms with Gasteiger partial charge in [0.05, 0.1) is 18.0 Å². The van der Waals surface area contributed by atoms with Crippen molar-refractivity contribution >= 4 is 46.0 Å². The van der Waals surface area contributed by atoms with Gasteiger partial charge in [-0.1, -0.05) is 54.2 Å². The smallest absolute Gasteiger partial charge is 0.263 e. The molecule has 170 valence electrons.